The van der Waals surface area contributed by atoms with Gasteiger partial charge in [-0.1, -0.05) is 38.5 Å². The Morgan fingerprint density at radius 3 is 1.39 bits per heavy atom. The number of carbonyl (C=O) groups is 4. The number of amides is 2. The minimum absolute atomic E-state index is 0.0682. The number of esters is 2. The Kier molecular flexibility index (Phi) is 8.53. The van der Waals surface area contributed by atoms with Gasteiger partial charge in [-0.05, 0) is 39.5 Å². The summed E-state index contributed by atoms with van der Waals surface area (Å²) in [6.45, 7) is 4.14. The molecule has 0 spiro atoms. The summed E-state index contributed by atoms with van der Waals surface area (Å²) in [6.07, 6.45) is 10.1. The largest absolute Gasteiger partial charge is 0.463 e. The first-order valence-electron chi connectivity index (χ1n) is 13.4. The molecule has 2 fully saturated rings. The van der Waals surface area contributed by atoms with Crippen LogP contribution in [0.1, 0.15) is 78.1 Å². The molecule has 2 aliphatic carbocycles. The standard InChI is InChI=1S/C26H38N4O6/c1-3-35-25(33)19-15-29(17-11-7-5-8-12-17)23(31)21(19)27-28-22-20(26(34)36-4-2)16-30(24(22)32)18-13-9-6-10-14-18/h17-18,27-28H,3-16H2,1-2H3. The molecular formula is C26H38N4O6. The van der Waals surface area contributed by atoms with Crippen molar-refractivity contribution in [3.63, 3.8) is 0 Å². The van der Waals surface area contributed by atoms with Crippen molar-refractivity contribution in [2.75, 3.05) is 26.3 Å². The second-order valence-electron chi connectivity index (χ2n) is 9.85. The van der Waals surface area contributed by atoms with Gasteiger partial charge in [-0.2, -0.15) is 0 Å². The SMILES string of the molecule is CCOC(=O)C1=C(NNC2=C(C(=O)OCC)CN(C3CCCCC3)C2=O)C(=O)N(C2CCCCC2)C1. The fourth-order valence-electron chi connectivity index (χ4n) is 5.72. The van der Waals surface area contributed by atoms with Gasteiger partial charge < -0.3 is 19.3 Å². The lowest BCUT2D eigenvalue weighted by molar-refractivity contribution is -0.139. The summed E-state index contributed by atoms with van der Waals surface area (Å²) < 4.78 is 10.4. The average Bonchev–Trinajstić information content (AvgIpc) is 3.40. The van der Waals surface area contributed by atoms with Crippen LogP contribution in [-0.2, 0) is 28.7 Å². The van der Waals surface area contributed by atoms with Gasteiger partial charge in [0.25, 0.3) is 11.8 Å². The summed E-state index contributed by atoms with van der Waals surface area (Å²) in [6, 6.07) is 0.137. The van der Waals surface area contributed by atoms with Gasteiger partial charge in [-0.25, -0.2) is 9.59 Å². The lowest BCUT2D eigenvalue weighted by atomic mass is 9.94. The second kappa shape index (κ2) is 11.8. The number of hydrogen-bond donors (Lipinski definition) is 2. The lowest BCUT2D eigenvalue weighted by Crippen LogP contribution is -2.44. The highest BCUT2D eigenvalue weighted by molar-refractivity contribution is 6.08. The second-order valence-corrected chi connectivity index (χ2v) is 9.85. The molecule has 36 heavy (non-hydrogen) atoms. The third-order valence-corrected chi connectivity index (χ3v) is 7.60. The van der Waals surface area contributed by atoms with Gasteiger partial charge in [0, 0.05) is 12.1 Å². The molecule has 2 amide bonds. The van der Waals surface area contributed by atoms with Gasteiger partial charge in [0.05, 0.1) is 37.4 Å². The van der Waals surface area contributed by atoms with E-state index in [1.807, 2.05) is 0 Å². The molecule has 0 atom stereocenters. The number of nitrogens with one attached hydrogen (secondary N) is 2. The third kappa shape index (κ3) is 5.37. The lowest BCUT2D eigenvalue weighted by Gasteiger charge is -2.31. The maximum absolute atomic E-state index is 13.4. The predicted molar refractivity (Wildman–Crippen MR) is 131 cm³/mol. The molecule has 0 aromatic heterocycles. The van der Waals surface area contributed by atoms with E-state index in [0.29, 0.717) is 0 Å². The van der Waals surface area contributed by atoms with E-state index in [9.17, 15) is 19.2 Å². The summed E-state index contributed by atoms with van der Waals surface area (Å²) in [5, 5.41) is 0. The molecule has 2 aliphatic heterocycles. The fraction of sp³-hybridized carbons (Fsp3) is 0.692. The van der Waals surface area contributed by atoms with E-state index in [1.54, 1.807) is 23.6 Å². The van der Waals surface area contributed by atoms with Crippen molar-refractivity contribution in [1.29, 1.82) is 0 Å². The van der Waals surface area contributed by atoms with Crippen LogP contribution >= 0.6 is 0 Å². The van der Waals surface area contributed by atoms with Gasteiger partial charge in [-0.3, -0.25) is 20.4 Å². The van der Waals surface area contributed by atoms with Gasteiger partial charge in [0.1, 0.15) is 11.4 Å². The number of rotatable bonds is 9. The normalized spacial score (nSPS) is 21.9. The Hall–Kier alpha value is -3.04. The Morgan fingerprint density at radius 2 is 1.06 bits per heavy atom. The summed E-state index contributed by atoms with van der Waals surface area (Å²) in [5.74, 6) is -1.72. The van der Waals surface area contributed by atoms with Crippen LogP contribution in [0.3, 0.4) is 0 Å². The molecule has 4 aliphatic rings. The number of hydrazine groups is 1. The quantitative estimate of drug-likeness (QED) is 0.364. The monoisotopic (exact) mass is 502 g/mol. The van der Waals surface area contributed by atoms with E-state index < -0.39 is 11.9 Å². The van der Waals surface area contributed by atoms with Crippen molar-refractivity contribution in [3.8, 4) is 0 Å². The highest BCUT2D eigenvalue weighted by atomic mass is 16.5. The molecule has 2 heterocycles. The van der Waals surface area contributed by atoms with Crippen LogP contribution in [0, 0.1) is 0 Å². The van der Waals surface area contributed by atoms with E-state index in [2.05, 4.69) is 10.9 Å². The van der Waals surface area contributed by atoms with Crippen LogP contribution < -0.4 is 10.9 Å². The number of nitrogens with zero attached hydrogens (tertiary/aromatic N) is 2. The van der Waals surface area contributed by atoms with Gasteiger partial charge >= 0.3 is 11.9 Å². The molecule has 10 nitrogen and oxygen atoms in total. The first-order chi connectivity index (χ1) is 17.5. The molecule has 0 aromatic carbocycles. The van der Waals surface area contributed by atoms with E-state index in [1.165, 1.54) is 0 Å². The predicted octanol–water partition coefficient (Wildman–Crippen LogP) is 2.06. The molecule has 0 radical (unpaired) electrons. The number of carbonyl (C=O) groups excluding carboxylic acids is 4. The summed E-state index contributed by atoms with van der Waals surface area (Å²) in [7, 11) is 0. The van der Waals surface area contributed by atoms with Gasteiger partial charge in [0.15, 0.2) is 0 Å². The zero-order chi connectivity index (χ0) is 25.7. The van der Waals surface area contributed by atoms with Gasteiger partial charge in [0.2, 0.25) is 0 Å². The fourth-order valence-corrected chi connectivity index (χ4v) is 5.72. The van der Waals surface area contributed by atoms with Crippen molar-refractivity contribution >= 4 is 23.8 Å². The maximum Gasteiger partial charge on any atom is 0.338 e. The van der Waals surface area contributed by atoms with Crippen LogP contribution in [0.15, 0.2) is 22.5 Å². The summed E-state index contributed by atoms with van der Waals surface area (Å²) in [4.78, 5) is 55.7. The van der Waals surface area contributed by atoms with E-state index >= 15 is 0 Å². The molecule has 4 rings (SSSR count). The molecule has 2 saturated carbocycles. The van der Waals surface area contributed by atoms with Crippen molar-refractivity contribution in [1.82, 2.24) is 20.7 Å². The van der Waals surface area contributed by atoms with Crippen molar-refractivity contribution in [2.24, 2.45) is 0 Å². The number of ether oxygens (including phenoxy) is 2. The van der Waals surface area contributed by atoms with Crippen molar-refractivity contribution in [2.45, 2.75) is 90.1 Å². The molecule has 0 saturated heterocycles. The minimum Gasteiger partial charge on any atom is -0.463 e. The summed E-state index contributed by atoms with van der Waals surface area (Å²) >= 11 is 0. The Morgan fingerprint density at radius 1 is 0.694 bits per heavy atom. The first kappa shape index (κ1) is 26.0. The minimum atomic E-state index is -0.561. The molecule has 2 N–H and O–H groups in total. The number of hydrogen-bond acceptors (Lipinski definition) is 8. The molecule has 198 valence electrons. The van der Waals surface area contributed by atoms with E-state index in [-0.39, 0.29) is 72.7 Å². The van der Waals surface area contributed by atoms with Crippen molar-refractivity contribution in [3.05, 3.63) is 22.5 Å². The van der Waals surface area contributed by atoms with Crippen LogP contribution in [0.5, 0.6) is 0 Å². The Labute approximate surface area is 212 Å². The smallest absolute Gasteiger partial charge is 0.338 e. The highest BCUT2D eigenvalue weighted by Crippen LogP contribution is 2.31. The molecule has 10 heteroatoms. The topological polar surface area (TPSA) is 117 Å². The van der Waals surface area contributed by atoms with Crippen molar-refractivity contribution < 1.29 is 28.7 Å². The van der Waals surface area contributed by atoms with Gasteiger partial charge in [-0.15, -0.1) is 0 Å². The molecule has 0 bridgehead atoms. The first-order valence-corrected chi connectivity index (χ1v) is 13.4. The zero-order valence-corrected chi connectivity index (χ0v) is 21.4. The highest BCUT2D eigenvalue weighted by Gasteiger charge is 2.42. The molecule has 0 unspecified atom stereocenters. The van der Waals surface area contributed by atoms with E-state index in [0.717, 1.165) is 64.2 Å². The van der Waals surface area contributed by atoms with Crippen LogP contribution in [-0.4, -0.2) is 71.9 Å². The average molecular weight is 503 g/mol. The van der Waals surface area contributed by atoms with E-state index in [4.69, 9.17) is 9.47 Å². The van der Waals surface area contributed by atoms with Crippen LogP contribution in [0.4, 0.5) is 0 Å². The zero-order valence-electron chi connectivity index (χ0n) is 21.4. The Balaban J connectivity index is 1.56. The molecular weight excluding hydrogens is 464 g/mol. The summed E-state index contributed by atoms with van der Waals surface area (Å²) in [5.41, 5.74) is 6.27. The van der Waals surface area contributed by atoms with Crippen LogP contribution in [0.2, 0.25) is 0 Å². The van der Waals surface area contributed by atoms with Crippen LogP contribution in [0.25, 0.3) is 0 Å². The third-order valence-electron chi connectivity index (χ3n) is 7.60. The maximum atomic E-state index is 13.4. The Bertz CT molecular complexity index is 870. The molecule has 0 aromatic rings.